The third-order valence-corrected chi connectivity index (χ3v) is 4.91. The van der Waals surface area contributed by atoms with Gasteiger partial charge in [0.1, 0.15) is 5.75 Å². The monoisotopic (exact) mass is 352 g/mol. The Labute approximate surface area is 131 Å². The molecule has 4 heteroatoms. The SMILES string of the molecule is CC1(C)COc2ccc(C(Br)c3ccc(F)c(F)c3)cc21. The van der Waals surface area contributed by atoms with Crippen molar-refractivity contribution < 1.29 is 13.5 Å². The van der Waals surface area contributed by atoms with E-state index in [1.54, 1.807) is 6.07 Å². The highest BCUT2D eigenvalue weighted by Crippen LogP contribution is 2.41. The van der Waals surface area contributed by atoms with Crippen LogP contribution in [0.2, 0.25) is 0 Å². The largest absolute Gasteiger partial charge is 0.492 e. The number of hydrogen-bond acceptors (Lipinski definition) is 1. The Bertz CT molecular complexity index is 697. The van der Waals surface area contributed by atoms with E-state index in [0.29, 0.717) is 12.2 Å². The second kappa shape index (κ2) is 5.09. The highest BCUT2D eigenvalue weighted by Gasteiger charge is 2.32. The molecule has 1 aliphatic heterocycles. The summed E-state index contributed by atoms with van der Waals surface area (Å²) in [7, 11) is 0. The molecule has 21 heavy (non-hydrogen) atoms. The van der Waals surface area contributed by atoms with E-state index in [9.17, 15) is 8.78 Å². The molecule has 2 aromatic rings. The molecular weight excluding hydrogens is 338 g/mol. The highest BCUT2D eigenvalue weighted by molar-refractivity contribution is 9.09. The minimum Gasteiger partial charge on any atom is -0.492 e. The fourth-order valence-electron chi connectivity index (χ4n) is 2.56. The van der Waals surface area contributed by atoms with Crippen molar-refractivity contribution in [3.63, 3.8) is 0 Å². The molecule has 2 aromatic carbocycles. The van der Waals surface area contributed by atoms with E-state index in [-0.39, 0.29) is 10.2 Å². The van der Waals surface area contributed by atoms with Crippen LogP contribution < -0.4 is 4.74 Å². The first-order valence-corrected chi connectivity index (χ1v) is 7.66. The van der Waals surface area contributed by atoms with Crippen LogP contribution in [0.4, 0.5) is 8.78 Å². The summed E-state index contributed by atoms with van der Waals surface area (Å²) < 4.78 is 32.1. The van der Waals surface area contributed by atoms with Crippen LogP contribution in [0.3, 0.4) is 0 Å². The fraction of sp³-hybridized carbons (Fsp3) is 0.294. The van der Waals surface area contributed by atoms with Crippen LogP contribution in [0.25, 0.3) is 0 Å². The van der Waals surface area contributed by atoms with Gasteiger partial charge in [0.25, 0.3) is 0 Å². The molecule has 1 atom stereocenters. The summed E-state index contributed by atoms with van der Waals surface area (Å²) in [5.41, 5.74) is 2.79. The Morgan fingerprint density at radius 2 is 1.71 bits per heavy atom. The summed E-state index contributed by atoms with van der Waals surface area (Å²) >= 11 is 3.57. The van der Waals surface area contributed by atoms with E-state index in [1.165, 1.54) is 6.07 Å². The Kier molecular flexibility index (Phi) is 3.52. The van der Waals surface area contributed by atoms with Gasteiger partial charge in [-0.25, -0.2) is 8.78 Å². The standard InChI is InChI=1S/C17H15BrF2O/c1-17(2)9-21-15-6-4-10(7-12(15)17)16(18)11-3-5-13(19)14(20)8-11/h3-8,16H,9H2,1-2H3. The summed E-state index contributed by atoms with van der Waals surface area (Å²) in [6.45, 7) is 4.91. The Morgan fingerprint density at radius 3 is 2.43 bits per heavy atom. The van der Waals surface area contributed by atoms with Crippen molar-refractivity contribution in [2.75, 3.05) is 6.61 Å². The van der Waals surface area contributed by atoms with E-state index < -0.39 is 11.6 Å². The molecule has 3 rings (SSSR count). The lowest BCUT2D eigenvalue weighted by Crippen LogP contribution is -2.18. The second-order valence-corrected chi connectivity index (χ2v) is 6.88. The van der Waals surface area contributed by atoms with Crippen molar-refractivity contribution in [1.29, 1.82) is 0 Å². The predicted octanol–water partition coefficient (Wildman–Crippen LogP) is 5.12. The van der Waals surface area contributed by atoms with Gasteiger partial charge in [0.2, 0.25) is 0 Å². The highest BCUT2D eigenvalue weighted by atomic mass is 79.9. The number of hydrogen-bond donors (Lipinski definition) is 0. The molecule has 0 aromatic heterocycles. The Hall–Kier alpha value is -1.42. The van der Waals surface area contributed by atoms with Gasteiger partial charge in [0.05, 0.1) is 11.4 Å². The third-order valence-electron chi connectivity index (χ3n) is 3.85. The number of halogens is 3. The van der Waals surface area contributed by atoms with Gasteiger partial charge in [-0.3, -0.25) is 0 Å². The Morgan fingerprint density at radius 1 is 1.05 bits per heavy atom. The molecular formula is C17H15BrF2O. The average molecular weight is 353 g/mol. The van der Waals surface area contributed by atoms with E-state index >= 15 is 0 Å². The molecule has 0 amide bonds. The van der Waals surface area contributed by atoms with Gasteiger partial charge in [-0.05, 0) is 35.4 Å². The van der Waals surface area contributed by atoms with Gasteiger partial charge in [-0.1, -0.05) is 41.9 Å². The average Bonchev–Trinajstić information content (AvgIpc) is 2.76. The van der Waals surface area contributed by atoms with Gasteiger partial charge in [0.15, 0.2) is 11.6 Å². The van der Waals surface area contributed by atoms with Crippen molar-refractivity contribution >= 4 is 15.9 Å². The maximum atomic E-state index is 13.4. The van der Waals surface area contributed by atoms with Crippen molar-refractivity contribution in [2.45, 2.75) is 24.1 Å². The van der Waals surface area contributed by atoms with Gasteiger partial charge >= 0.3 is 0 Å². The number of fused-ring (bicyclic) bond motifs is 1. The number of ether oxygens (including phenoxy) is 1. The van der Waals surface area contributed by atoms with Gasteiger partial charge in [-0.15, -0.1) is 0 Å². The summed E-state index contributed by atoms with van der Waals surface area (Å²) in [4.78, 5) is -0.186. The second-order valence-electron chi connectivity index (χ2n) is 5.96. The lowest BCUT2D eigenvalue weighted by atomic mass is 9.85. The Balaban J connectivity index is 1.99. The predicted molar refractivity (Wildman–Crippen MR) is 82.1 cm³/mol. The fourth-order valence-corrected chi connectivity index (χ4v) is 3.13. The molecule has 0 aliphatic carbocycles. The maximum absolute atomic E-state index is 13.4. The van der Waals surface area contributed by atoms with Crippen molar-refractivity contribution in [3.8, 4) is 5.75 Å². The molecule has 0 spiro atoms. The van der Waals surface area contributed by atoms with Gasteiger partial charge in [0, 0.05) is 11.0 Å². The van der Waals surface area contributed by atoms with Crippen LogP contribution in [-0.4, -0.2) is 6.61 Å². The lowest BCUT2D eigenvalue weighted by Gasteiger charge is -2.17. The van der Waals surface area contributed by atoms with Crippen molar-refractivity contribution in [1.82, 2.24) is 0 Å². The minimum atomic E-state index is -0.832. The van der Waals surface area contributed by atoms with Crippen LogP contribution in [0, 0.1) is 11.6 Å². The number of alkyl halides is 1. The van der Waals surface area contributed by atoms with E-state index in [0.717, 1.165) is 22.9 Å². The van der Waals surface area contributed by atoms with Crippen LogP contribution in [0.15, 0.2) is 36.4 Å². The lowest BCUT2D eigenvalue weighted by molar-refractivity contribution is 0.291. The molecule has 1 nitrogen and oxygen atoms in total. The molecule has 0 radical (unpaired) electrons. The summed E-state index contributed by atoms with van der Waals surface area (Å²) in [5, 5.41) is 0. The summed E-state index contributed by atoms with van der Waals surface area (Å²) in [6.07, 6.45) is 0. The first-order valence-electron chi connectivity index (χ1n) is 6.75. The van der Waals surface area contributed by atoms with Crippen LogP contribution in [-0.2, 0) is 5.41 Å². The summed E-state index contributed by atoms with van der Waals surface area (Å²) in [5.74, 6) is -0.766. The van der Waals surface area contributed by atoms with Crippen molar-refractivity contribution in [3.05, 3.63) is 64.7 Å². The number of rotatable bonds is 2. The molecule has 0 saturated carbocycles. The molecule has 0 bridgehead atoms. The molecule has 1 heterocycles. The zero-order chi connectivity index (χ0) is 15.2. The first kappa shape index (κ1) is 14.5. The zero-order valence-corrected chi connectivity index (χ0v) is 13.4. The maximum Gasteiger partial charge on any atom is 0.159 e. The van der Waals surface area contributed by atoms with Gasteiger partial charge < -0.3 is 4.74 Å². The van der Waals surface area contributed by atoms with Crippen LogP contribution in [0.1, 0.15) is 35.4 Å². The normalized spacial score (nSPS) is 17.2. The number of benzene rings is 2. The molecule has 0 fully saturated rings. The quantitative estimate of drug-likeness (QED) is 0.681. The van der Waals surface area contributed by atoms with Crippen LogP contribution >= 0.6 is 15.9 Å². The molecule has 0 saturated heterocycles. The van der Waals surface area contributed by atoms with E-state index in [2.05, 4.69) is 35.8 Å². The topological polar surface area (TPSA) is 9.23 Å². The van der Waals surface area contributed by atoms with E-state index in [1.807, 2.05) is 12.1 Å². The third kappa shape index (κ3) is 2.57. The summed E-state index contributed by atoms with van der Waals surface area (Å²) in [6, 6.07) is 9.92. The first-order chi connectivity index (χ1) is 9.88. The minimum absolute atomic E-state index is 0.0356. The molecule has 110 valence electrons. The van der Waals surface area contributed by atoms with E-state index in [4.69, 9.17) is 4.74 Å². The van der Waals surface area contributed by atoms with Crippen LogP contribution in [0.5, 0.6) is 5.75 Å². The molecule has 1 unspecified atom stereocenters. The van der Waals surface area contributed by atoms with Gasteiger partial charge in [-0.2, -0.15) is 0 Å². The zero-order valence-electron chi connectivity index (χ0n) is 11.8. The van der Waals surface area contributed by atoms with Crippen molar-refractivity contribution in [2.24, 2.45) is 0 Å². The molecule has 0 N–H and O–H groups in total. The molecule has 1 aliphatic rings. The smallest absolute Gasteiger partial charge is 0.159 e.